The highest BCUT2D eigenvalue weighted by atomic mass is 127. The number of benzene rings is 2. The molecule has 20 heavy (non-hydrogen) atoms. The number of hydrogen-bond donors (Lipinski definition) is 1. The van der Waals surface area contributed by atoms with Crippen LogP contribution in [0.3, 0.4) is 0 Å². The van der Waals surface area contributed by atoms with Crippen molar-refractivity contribution in [2.75, 3.05) is 0 Å². The van der Waals surface area contributed by atoms with Crippen LogP contribution in [0.15, 0.2) is 45.3 Å². The van der Waals surface area contributed by atoms with Crippen molar-refractivity contribution >= 4 is 60.4 Å². The molecule has 0 aliphatic heterocycles. The van der Waals surface area contributed by atoms with Gasteiger partial charge in [-0.2, -0.15) is 0 Å². The zero-order valence-corrected chi connectivity index (χ0v) is 15.4. The third kappa shape index (κ3) is 3.95. The third-order valence-corrected chi connectivity index (χ3v) is 4.30. The van der Waals surface area contributed by atoms with Gasteiger partial charge in [0.2, 0.25) is 0 Å². The summed E-state index contributed by atoms with van der Waals surface area (Å²) in [5.41, 5.74) is 1.10. The summed E-state index contributed by atoms with van der Waals surface area (Å²) in [7, 11) is 0. The van der Waals surface area contributed by atoms with Gasteiger partial charge in [-0.05, 0) is 68.3 Å². The number of carbonyl (C=O) groups is 1. The fourth-order valence-corrected chi connectivity index (χ4v) is 3.30. The van der Waals surface area contributed by atoms with E-state index in [4.69, 9.17) is 4.74 Å². The molecule has 0 unspecified atom stereocenters. The highest BCUT2D eigenvalue weighted by Crippen LogP contribution is 2.33. The normalized spacial score (nSPS) is 10.3. The summed E-state index contributed by atoms with van der Waals surface area (Å²) >= 11 is 8.83. The predicted octanol–water partition coefficient (Wildman–Crippen LogP) is 5.09. The van der Waals surface area contributed by atoms with E-state index in [9.17, 15) is 9.90 Å². The predicted molar refractivity (Wildman–Crippen MR) is 92.3 cm³/mol. The number of carboxylic acid groups (broad SMARTS) is 1. The second-order valence-electron chi connectivity index (χ2n) is 3.98. The Bertz CT molecular complexity index is 642. The summed E-state index contributed by atoms with van der Waals surface area (Å²) in [6, 6.07) is 11.2. The largest absolute Gasteiger partial charge is 0.487 e. The van der Waals surface area contributed by atoms with E-state index in [1.807, 2.05) is 24.3 Å². The number of hydrogen-bond acceptors (Lipinski definition) is 2. The molecule has 2 rings (SSSR count). The van der Waals surface area contributed by atoms with Gasteiger partial charge in [0.15, 0.2) is 0 Å². The minimum absolute atomic E-state index is 0.122. The van der Waals surface area contributed by atoms with E-state index in [1.54, 1.807) is 6.07 Å². The lowest BCUT2D eigenvalue weighted by Gasteiger charge is -2.12. The van der Waals surface area contributed by atoms with Gasteiger partial charge < -0.3 is 9.84 Å². The van der Waals surface area contributed by atoms with Gasteiger partial charge in [-0.15, -0.1) is 0 Å². The Labute approximate surface area is 146 Å². The molecule has 6 heteroatoms. The van der Waals surface area contributed by atoms with Crippen LogP contribution in [0.2, 0.25) is 0 Å². The third-order valence-electron chi connectivity index (χ3n) is 2.54. The summed E-state index contributed by atoms with van der Waals surface area (Å²) in [6.07, 6.45) is 0. The van der Waals surface area contributed by atoms with Crippen LogP contribution in [0, 0.1) is 3.57 Å². The van der Waals surface area contributed by atoms with Crippen molar-refractivity contribution in [1.82, 2.24) is 0 Å². The molecule has 0 bridgehead atoms. The van der Waals surface area contributed by atoms with E-state index in [2.05, 4.69) is 54.5 Å². The van der Waals surface area contributed by atoms with E-state index in [0.29, 0.717) is 21.3 Å². The first-order chi connectivity index (χ1) is 9.47. The molecule has 0 spiro atoms. The lowest BCUT2D eigenvalue weighted by atomic mass is 10.2. The molecule has 3 nitrogen and oxygen atoms in total. The molecule has 0 aliphatic carbocycles. The Morgan fingerprint density at radius 3 is 2.45 bits per heavy atom. The summed E-state index contributed by atoms with van der Waals surface area (Å²) in [4.78, 5) is 11.3. The molecule has 104 valence electrons. The fourth-order valence-electron chi connectivity index (χ4n) is 1.60. The SMILES string of the molecule is O=C(O)c1cc(Br)cc(Br)c1OCc1ccc(I)cc1. The summed E-state index contributed by atoms with van der Waals surface area (Å²) < 4.78 is 8.09. The van der Waals surface area contributed by atoms with Crippen molar-refractivity contribution in [2.24, 2.45) is 0 Å². The Balaban J connectivity index is 2.24. The topological polar surface area (TPSA) is 46.5 Å². The highest BCUT2D eigenvalue weighted by Gasteiger charge is 2.16. The second kappa shape index (κ2) is 6.91. The van der Waals surface area contributed by atoms with E-state index >= 15 is 0 Å². The first-order valence-electron chi connectivity index (χ1n) is 5.57. The van der Waals surface area contributed by atoms with Crippen molar-refractivity contribution in [3.63, 3.8) is 0 Å². The van der Waals surface area contributed by atoms with Crippen molar-refractivity contribution in [3.8, 4) is 5.75 Å². The zero-order valence-electron chi connectivity index (χ0n) is 10.1. The van der Waals surface area contributed by atoms with Gasteiger partial charge in [-0.1, -0.05) is 28.1 Å². The standard InChI is InChI=1S/C14H9Br2IO3/c15-9-5-11(14(18)19)13(12(16)6-9)20-7-8-1-3-10(17)4-2-8/h1-6H,7H2,(H,18,19). The molecule has 0 fully saturated rings. The van der Waals surface area contributed by atoms with Crippen LogP contribution in [-0.4, -0.2) is 11.1 Å². The average Bonchev–Trinajstić information content (AvgIpc) is 2.38. The lowest BCUT2D eigenvalue weighted by molar-refractivity contribution is 0.0691. The van der Waals surface area contributed by atoms with Crippen LogP contribution < -0.4 is 4.74 Å². The highest BCUT2D eigenvalue weighted by molar-refractivity contribution is 14.1. The maximum Gasteiger partial charge on any atom is 0.339 e. The van der Waals surface area contributed by atoms with Gasteiger partial charge in [0.1, 0.15) is 17.9 Å². The lowest BCUT2D eigenvalue weighted by Crippen LogP contribution is -2.04. The summed E-state index contributed by atoms with van der Waals surface area (Å²) in [5, 5.41) is 9.23. The van der Waals surface area contributed by atoms with Crippen molar-refractivity contribution in [3.05, 3.63) is 60.0 Å². The molecule has 0 saturated heterocycles. The zero-order chi connectivity index (χ0) is 14.7. The molecule has 0 radical (unpaired) electrons. The van der Waals surface area contributed by atoms with E-state index in [-0.39, 0.29) is 5.56 Å². The van der Waals surface area contributed by atoms with E-state index in [1.165, 1.54) is 6.07 Å². The summed E-state index contributed by atoms with van der Waals surface area (Å²) in [5.74, 6) is -0.691. The number of halogens is 3. The first-order valence-corrected chi connectivity index (χ1v) is 8.23. The van der Waals surface area contributed by atoms with Crippen molar-refractivity contribution in [2.45, 2.75) is 6.61 Å². The van der Waals surface area contributed by atoms with Crippen LogP contribution in [0.4, 0.5) is 0 Å². The molecule has 0 atom stereocenters. The van der Waals surface area contributed by atoms with Gasteiger partial charge in [0.05, 0.1) is 4.47 Å². The van der Waals surface area contributed by atoms with Gasteiger partial charge in [-0.25, -0.2) is 4.79 Å². The van der Waals surface area contributed by atoms with Crippen LogP contribution in [0.5, 0.6) is 5.75 Å². The molecular weight excluding hydrogens is 503 g/mol. The number of ether oxygens (including phenoxy) is 1. The Hall–Kier alpha value is -0.600. The van der Waals surface area contributed by atoms with Gasteiger partial charge >= 0.3 is 5.97 Å². The second-order valence-corrected chi connectivity index (χ2v) is 7.00. The van der Waals surface area contributed by atoms with Crippen molar-refractivity contribution in [1.29, 1.82) is 0 Å². The van der Waals surface area contributed by atoms with Gasteiger partial charge in [0, 0.05) is 8.04 Å². The van der Waals surface area contributed by atoms with Crippen LogP contribution in [0.1, 0.15) is 15.9 Å². The monoisotopic (exact) mass is 510 g/mol. The number of aromatic carboxylic acids is 1. The first kappa shape index (κ1) is 15.8. The minimum atomic E-state index is -1.02. The maximum atomic E-state index is 11.3. The average molecular weight is 512 g/mol. The van der Waals surface area contributed by atoms with Gasteiger partial charge in [-0.3, -0.25) is 0 Å². The number of carboxylic acids is 1. The fraction of sp³-hybridized carbons (Fsp3) is 0.0714. The van der Waals surface area contributed by atoms with E-state index < -0.39 is 5.97 Å². The molecule has 0 heterocycles. The molecule has 0 saturated carbocycles. The Kier molecular flexibility index (Phi) is 5.45. The van der Waals surface area contributed by atoms with Crippen LogP contribution in [-0.2, 0) is 6.61 Å². The maximum absolute atomic E-state index is 11.3. The molecule has 2 aromatic carbocycles. The molecular formula is C14H9Br2IO3. The molecule has 2 aromatic rings. The van der Waals surface area contributed by atoms with Crippen LogP contribution in [0.25, 0.3) is 0 Å². The quantitative estimate of drug-likeness (QED) is 0.581. The minimum Gasteiger partial charge on any atom is -0.487 e. The molecule has 0 aliphatic rings. The number of rotatable bonds is 4. The summed E-state index contributed by atoms with van der Waals surface area (Å²) in [6.45, 7) is 0.317. The molecule has 1 N–H and O–H groups in total. The smallest absolute Gasteiger partial charge is 0.339 e. The van der Waals surface area contributed by atoms with Crippen molar-refractivity contribution < 1.29 is 14.6 Å². The Morgan fingerprint density at radius 1 is 1.20 bits per heavy atom. The Morgan fingerprint density at radius 2 is 1.85 bits per heavy atom. The van der Waals surface area contributed by atoms with Crippen LogP contribution >= 0.6 is 54.5 Å². The molecule has 0 aromatic heterocycles. The van der Waals surface area contributed by atoms with E-state index in [0.717, 1.165) is 9.13 Å². The van der Waals surface area contributed by atoms with Gasteiger partial charge in [0.25, 0.3) is 0 Å². The molecule has 0 amide bonds.